The van der Waals surface area contributed by atoms with E-state index in [0.717, 1.165) is 0 Å². The molecule has 1 amide bonds. The van der Waals surface area contributed by atoms with Gasteiger partial charge in [0.05, 0.1) is 5.02 Å². The van der Waals surface area contributed by atoms with Crippen molar-refractivity contribution in [3.63, 3.8) is 0 Å². The van der Waals surface area contributed by atoms with Crippen molar-refractivity contribution in [2.24, 2.45) is 0 Å². The van der Waals surface area contributed by atoms with E-state index in [2.05, 4.69) is 10.6 Å². The zero-order valence-corrected chi connectivity index (χ0v) is 15.5. The second-order valence-corrected chi connectivity index (χ2v) is 5.83. The SMILES string of the molecule is CNC(C)CNC(=O)C(Oc1ccc(F)c(Cl)c1)c1ccccc1.Cl. The molecule has 0 aromatic heterocycles. The van der Waals surface area contributed by atoms with E-state index in [1.165, 1.54) is 18.2 Å². The maximum absolute atomic E-state index is 13.3. The molecular weight excluding hydrogens is 366 g/mol. The number of nitrogens with one attached hydrogen (secondary N) is 2. The Morgan fingerprint density at radius 3 is 2.52 bits per heavy atom. The summed E-state index contributed by atoms with van der Waals surface area (Å²) >= 11 is 5.78. The smallest absolute Gasteiger partial charge is 0.265 e. The summed E-state index contributed by atoms with van der Waals surface area (Å²) in [6.07, 6.45) is -0.850. The summed E-state index contributed by atoms with van der Waals surface area (Å²) < 4.78 is 19.1. The van der Waals surface area contributed by atoms with Crippen molar-refractivity contribution >= 4 is 29.9 Å². The molecule has 2 aromatic carbocycles. The van der Waals surface area contributed by atoms with Gasteiger partial charge in [0.15, 0.2) is 0 Å². The first kappa shape index (κ1) is 21.2. The molecule has 2 unspecified atom stereocenters. The quantitative estimate of drug-likeness (QED) is 0.761. The summed E-state index contributed by atoms with van der Waals surface area (Å²) in [6, 6.07) is 13.3. The highest BCUT2D eigenvalue weighted by molar-refractivity contribution is 6.30. The van der Waals surface area contributed by atoms with Crippen LogP contribution >= 0.6 is 24.0 Å². The van der Waals surface area contributed by atoms with E-state index in [-0.39, 0.29) is 29.4 Å². The van der Waals surface area contributed by atoms with Crippen molar-refractivity contribution in [1.29, 1.82) is 0 Å². The van der Waals surface area contributed by atoms with Gasteiger partial charge >= 0.3 is 0 Å². The van der Waals surface area contributed by atoms with Crippen LogP contribution in [-0.4, -0.2) is 25.5 Å². The molecule has 0 spiro atoms. The highest BCUT2D eigenvalue weighted by Crippen LogP contribution is 2.26. The highest BCUT2D eigenvalue weighted by atomic mass is 35.5. The van der Waals surface area contributed by atoms with E-state index in [1.54, 1.807) is 12.1 Å². The minimum atomic E-state index is -0.850. The van der Waals surface area contributed by atoms with E-state index in [4.69, 9.17) is 16.3 Å². The third-order valence-corrected chi connectivity index (χ3v) is 3.85. The van der Waals surface area contributed by atoms with E-state index in [0.29, 0.717) is 17.9 Å². The molecule has 25 heavy (non-hydrogen) atoms. The number of likely N-dealkylation sites (N-methyl/N-ethyl adjacent to an activating group) is 1. The molecule has 7 heteroatoms. The van der Waals surface area contributed by atoms with Gasteiger partial charge in [0.2, 0.25) is 6.10 Å². The van der Waals surface area contributed by atoms with Crippen LogP contribution in [-0.2, 0) is 4.79 Å². The number of carbonyl (C=O) groups excluding carboxylic acids is 1. The van der Waals surface area contributed by atoms with Crippen LogP contribution in [0.4, 0.5) is 4.39 Å². The minimum Gasteiger partial charge on any atom is -0.476 e. The van der Waals surface area contributed by atoms with Crippen molar-refractivity contribution in [1.82, 2.24) is 10.6 Å². The monoisotopic (exact) mass is 386 g/mol. The number of hydrogen-bond acceptors (Lipinski definition) is 3. The summed E-state index contributed by atoms with van der Waals surface area (Å²) in [7, 11) is 1.82. The molecule has 2 rings (SSSR count). The van der Waals surface area contributed by atoms with Crippen molar-refractivity contribution in [3.05, 3.63) is 64.9 Å². The molecule has 0 heterocycles. The molecule has 2 N–H and O–H groups in total. The van der Waals surface area contributed by atoms with Crippen LogP contribution in [0.15, 0.2) is 48.5 Å². The number of halogens is 3. The Hall–Kier alpha value is -1.82. The highest BCUT2D eigenvalue weighted by Gasteiger charge is 2.23. The van der Waals surface area contributed by atoms with Crippen molar-refractivity contribution in [3.8, 4) is 5.75 Å². The third kappa shape index (κ3) is 6.20. The Balaban J connectivity index is 0.00000312. The first-order valence-corrected chi connectivity index (χ1v) is 8.00. The van der Waals surface area contributed by atoms with Gasteiger partial charge in [-0.25, -0.2) is 4.39 Å². The predicted molar refractivity (Wildman–Crippen MR) is 100 cm³/mol. The number of amides is 1. The predicted octanol–water partition coefficient (Wildman–Crippen LogP) is 3.75. The Bertz CT molecular complexity index is 686. The summed E-state index contributed by atoms with van der Waals surface area (Å²) in [5.41, 5.74) is 0.701. The molecule has 0 saturated carbocycles. The summed E-state index contributed by atoms with van der Waals surface area (Å²) in [5.74, 6) is -0.483. The standard InChI is InChI=1S/C18H20ClFN2O2.ClH/c1-12(21-2)11-22-18(23)17(13-6-4-3-5-7-13)24-14-8-9-16(20)15(19)10-14;/h3-10,12,17,21H,11H2,1-2H3,(H,22,23);1H. The Labute approximate surface area is 158 Å². The van der Waals surface area contributed by atoms with Gasteiger partial charge in [-0.15, -0.1) is 12.4 Å². The van der Waals surface area contributed by atoms with Gasteiger partial charge in [-0.05, 0) is 26.1 Å². The molecule has 136 valence electrons. The maximum Gasteiger partial charge on any atom is 0.265 e. The van der Waals surface area contributed by atoms with E-state index in [1.807, 2.05) is 32.2 Å². The van der Waals surface area contributed by atoms with Gasteiger partial charge in [-0.3, -0.25) is 4.79 Å². The normalized spacial score (nSPS) is 12.6. The average molecular weight is 387 g/mol. The first-order valence-electron chi connectivity index (χ1n) is 7.63. The van der Waals surface area contributed by atoms with Gasteiger partial charge in [0, 0.05) is 24.2 Å². The summed E-state index contributed by atoms with van der Waals surface area (Å²) in [6.45, 7) is 2.42. The average Bonchev–Trinajstić information content (AvgIpc) is 2.61. The first-order chi connectivity index (χ1) is 11.5. The largest absolute Gasteiger partial charge is 0.476 e. The number of rotatable bonds is 7. The molecule has 0 fully saturated rings. The molecular formula is C18H21Cl2FN2O2. The molecule has 2 aromatic rings. The Kier molecular flexibility index (Phi) is 8.69. The number of hydrogen-bond donors (Lipinski definition) is 2. The van der Waals surface area contributed by atoms with Gasteiger partial charge in [0.25, 0.3) is 5.91 Å². The molecule has 0 bridgehead atoms. The second kappa shape index (κ2) is 10.2. The van der Waals surface area contributed by atoms with E-state index < -0.39 is 11.9 Å². The minimum absolute atomic E-state index is 0. The van der Waals surface area contributed by atoms with E-state index >= 15 is 0 Å². The second-order valence-electron chi connectivity index (χ2n) is 5.42. The number of ether oxygens (including phenoxy) is 1. The molecule has 0 saturated heterocycles. The van der Waals surface area contributed by atoms with Crippen molar-refractivity contribution in [2.75, 3.05) is 13.6 Å². The Morgan fingerprint density at radius 1 is 1.24 bits per heavy atom. The van der Waals surface area contributed by atoms with E-state index in [9.17, 15) is 9.18 Å². The van der Waals surface area contributed by atoms with Crippen molar-refractivity contribution in [2.45, 2.75) is 19.1 Å². The molecule has 0 aliphatic heterocycles. The van der Waals surface area contributed by atoms with Gasteiger partial charge in [0.1, 0.15) is 11.6 Å². The molecule has 4 nitrogen and oxygen atoms in total. The van der Waals surface area contributed by atoms with Crippen LogP contribution in [0.5, 0.6) is 5.75 Å². The molecule has 0 aliphatic carbocycles. The molecule has 0 radical (unpaired) electrons. The van der Waals surface area contributed by atoms with Crippen LogP contribution in [0.1, 0.15) is 18.6 Å². The molecule has 2 atom stereocenters. The van der Waals surface area contributed by atoms with Crippen molar-refractivity contribution < 1.29 is 13.9 Å². The fourth-order valence-electron chi connectivity index (χ4n) is 2.04. The lowest BCUT2D eigenvalue weighted by atomic mass is 10.1. The third-order valence-electron chi connectivity index (χ3n) is 3.56. The van der Waals surface area contributed by atoms with Crippen LogP contribution < -0.4 is 15.4 Å². The summed E-state index contributed by atoms with van der Waals surface area (Å²) in [5, 5.41) is 5.84. The number of benzene rings is 2. The maximum atomic E-state index is 13.3. The topological polar surface area (TPSA) is 50.4 Å². The van der Waals surface area contributed by atoms with Crippen LogP contribution in [0, 0.1) is 5.82 Å². The van der Waals surface area contributed by atoms with Crippen LogP contribution in [0.3, 0.4) is 0 Å². The lowest BCUT2D eigenvalue weighted by Gasteiger charge is -2.20. The fourth-order valence-corrected chi connectivity index (χ4v) is 2.21. The lowest BCUT2D eigenvalue weighted by Crippen LogP contribution is -2.40. The Morgan fingerprint density at radius 2 is 1.92 bits per heavy atom. The van der Waals surface area contributed by atoms with Crippen LogP contribution in [0.2, 0.25) is 5.02 Å². The number of carbonyl (C=O) groups is 1. The zero-order valence-electron chi connectivity index (χ0n) is 14.0. The van der Waals surface area contributed by atoms with Gasteiger partial charge in [-0.2, -0.15) is 0 Å². The van der Waals surface area contributed by atoms with Crippen LogP contribution in [0.25, 0.3) is 0 Å². The van der Waals surface area contributed by atoms with Gasteiger partial charge < -0.3 is 15.4 Å². The lowest BCUT2D eigenvalue weighted by molar-refractivity contribution is -0.128. The zero-order chi connectivity index (χ0) is 17.5. The molecule has 0 aliphatic rings. The van der Waals surface area contributed by atoms with Gasteiger partial charge in [-0.1, -0.05) is 41.9 Å². The summed E-state index contributed by atoms with van der Waals surface area (Å²) in [4.78, 5) is 12.5. The fraction of sp³-hybridized carbons (Fsp3) is 0.278.